The maximum absolute atomic E-state index is 14.4. The Morgan fingerprint density at radius 2 is 1.96 bits per heavy atom. The van der Waals surface area contributed by atoms with Crippen molar-refractivity contribution in [3.05, 3.63) is 60.5 Å². The predicted octanol–water partition coefficient (Wildman–Crippen LogP) is 4.55. The fourth-order valence-corrected chi connectivity index (χ4v) is 2.29. The first-order valence-electron chi connectivity index (χ1n) is 8.41. The fraction of sp³-hybridized carbons (Fsp3) is 0.300. The van der Waals surface area contributed by atoms with Gasteiger partial charge in [0.1, 0.15) is 6.61 Å². The summed E-state index contributed by atoms with van der Waals surface area (Å²) in [7, 11) is 0. The van der Waals surface area contributed by atoms with Gasteiger partial charge in [0, 0.05) is 5.56 Å². The van der Waals surface area contributed by atoms with Crippen molar-refractivity contribution in [3.8, 4) is 17.1 Å². The Balaban J connectivity index is 2.11. The Hall–Kier alpha value is -2.60. The third kappa shape index (κ3) is 5.46. The highest BCUT2D eigenvalue weighted by molar-refractivity contribution is 5.61. The van der Waals surface area contributed by atoms with Crippen molar-refractivity contribution in [1.82, 2.24) is 9.97 Å². The van der Waals surface area contributed by atoms with Crippen LogP contribution in [0.1, 0.15) is 31.7 Å². The summed E-state index contributed by atoms with van der Waals surface area (Å²) in [6.07, 6.45) is 9.47. The fourth-order valence-electron chi connectivity index (χ4n) is 2.29. The number of rotatable bonds is 9. The molecule has 0 fully saturated rings. The summed E-state index contributed by atoms with van der Waals surface area (Å²) in [4.78, 5) is 8.04. The minimum Gasteiger partial charge on any atom is -0.486 e. The number of hydrogen-bond donors (Lipinski definition) is 1. The van der Waals surface area contributed by atoms with Crippen LogP contribution in [0.3, 0.4) is 0 Å². The minimum absolute atomic E-state index is 0.0102. The summed E-state index contributed by atoms with van der Waals surface area (Å²) in [5.41, 5.74) is 0.151. The van der Waals surface area contributed by atoms with Crippen LogP contribution in [0.5, 0.6) is 5.75 Å². The number of nitrogens with zero attached hydrogens (tertiary/aromatic N) is 2. The van der Waals surface area contributed by atoms with Gasteiger partial charge in [-0.3, -0.25) is 0 Å². The van der Waals surface area contributed by atoms with Gasteiger partial charge in [-0.15, -0.1) is 0 Å². The van der Waals surface area contributed by atoms with Gasteiger partial charge in [-0.05, 0) is 32.3 Å². The van der Waals surface area contributed by atoms with Crippen molar-refractivity contribution in [1.29, 1.82) is 0 Å². The average Bonchev–Trinajstić information content (AvgIpc) is 2.63. The number of unbranched alkanes of at least 4 members (excludes halogenated alkanes) is 1. The second-order valence-corrected chi connectivity index (χ2v) is 5.85. The lowest BCUT2D eigenvalue weighted by Gasteiger charge is -2.07. The molecular formula is C20H22F2N2O2. The molecule has 0 amide bonds. The molecule has 2 aromatic rings. The molecule has 0 radical (unpaired) electrons. The van der Waals surface area contributed by atoms with E-state index in [-0.39, 0.29) is 23.1 Å². The van der Waals surface area contributed by atoms with Crippen LogP contribution in [-0.2, 0) is 0 Å². The monoisotopic (exact) mass is 360 g/mol. The van der Waals surface area contributed by atoms with Crippen molar-refractivity contribution >= 4 is 6.08 Å². The van der Waals surface area contributed by atoms with Crippen molar-refractivity contribution in [2.75, 3.05) is 6.61 Å². The van der Waals surface area contributed by atoms with Gasteiger partial charge in [0.2, 0.25) is 0 Å². The van der Waals surface area contributed by atoms with E-state index in [0.717, 1.165) is 6.42 Å². The molecule has 26 heavy (non-hydrogen) atoms. The number of aromatic nitrogens is 2. The molecule has 1 unspecified atom stereocenters. The van der Waals surface area contributed by atoms with Crippen molar-refractivity contribution in [2.45, 2.75) is 32.3 Å². The zero-order valence-electron chi connectivity index (χ0n) is 14.7. The van der Waals surface area contributed by atoms with Crippen LogP contribution in [-0.4, -0.2) is 27.8 Å². The zero-order valence-corrected chi connectivity index (χ0v) is 14.7. The topological polar surface area (TPSA) is 55.2 Å². The Morgan fingerprint density at radius 1 is 1.23 bits per heavy atom. The van der Waals surface area contributed by atoms with E-state index in [4.69, 9.17) is 4.74 Å². The zero-order chi connectivity index (χ0) is 18.9. The highest BCUT2D eigenvalue weighted by Crippen LogP contribution is 2.25. The number of hydrogen-bond acceptors (Lipinski definition) is 4. The van der Waals surface area contributed by atoms with Crippen molar-refractivity contribution in [3.63, 3.8) is 0 Å². The summed E-state index contributed by atoms with van der Waals surface area (Å²) in [6, 6.07) is 2.94. The van der Waals surface area contributed by atoms with Gasteiger partial charge in [-0.1, -0.05) is 30.9 Å². The molecule has 4 nitrogen and oxygen atoms in total. The minimum atomic E-state index is -0.990. The number of allylic oxidation sites excluding steroid dienone is 1. The van der Waals surface area contributed by atoms with Gasteiger partial charge in [-0.2, -0.15) is 0 Å². The Bertz CT molecular complexity index is 759. The SMILES string of the molecule is C=CCOc1cnc(-c2ccc(C=CCCCC(C)O)c(F)c2F)nc1. The van der Waals surface area contributed by atoms with E-state index in [0.29, 0.717) is 25.2 Å². The largest absolute Gasteiger partial charge is 0.486 e. The summed E-state index contributed by atoms with van der Waals surface area (Å²) in [5.74, 6) is -1.42. The molecule has 0 bridgehead atoms. The molecule has 6 heteroatoms. The van der Waals surface area contributed by atoms with E-state index in [1.807, 2.05) is 0 Å². The summed E-state index contributed by atoms with van der Waals surface area (Å²) in [6.45, 7) is 5.57. The van der Waals surface area contributed by atoms with Crippen molar-refractivity contribution < 1.29 is 18.6 Å². The van der Waals surface area contributed by atoms with Gasteiger partial charge in [0.25, 0.3) is 0 Å². The van der Waals surface area contributed by atoms with Crippen LogP contribution in [0.25, 0.3) is 17.5 Å². The van der Waals surface area contributed by atoms with E-state index in [1.54, 1.807) is 19.1 Å². The molecule has 0 aliphatic carbocycles. The highest BCUT2D eigenvalue weighted by Gasteiger charge is 2.15. The smallest absolute Gasteiger partial charge is 0.170 e. The molecular weight excluding hydrogens is 338 g/mol. The Kier molecular flexibility index (Phi) is 7.41. The first kappa shape index (κ1) is 19.7. The van der Waals surface area contributed by atoms with Gasteiger partial charge in [0.15, 0.2) is 23.2 Å². The first-order valence-corrected chi connectivity index (χ1v) is 8.41. The number of aliphatic hydroxyl groups excluding tert-OH is 1. The van der Waals surface area contributed by atoms with E-state index >= 15 is 0 Å². The second kappa shape index (κ2) is 9.77. The summed E-state index contributed by atoms with van der Waals surface area (Å²) >= 11 is 0. The van der Waals surface area contributed by atoms with Gasteiger partial charge in [0.05, 0.1) is 24.1 Å². The molecule has 0 spiro atoms. The lowest BCUT2D eigenvalue weighted by Crippen LogP contribution is -1.99. The maximum Gasteiger partial charge on any atom is 0.170 e. The molecule has 1 aromatic carbocycles. The van der Waals surface area contributed by atoms with Gasteiger partial charge < -0.3 is 9.84 Å². The van der Waals surface area contributed by atoms with Crippen molar-refractivity contribution in [2.24, 2.45) is 0 Å². The van der Waals surface area contributed by atoms with Gasteiger partial charge >= 0.3 is 0 Å². The average molecular weight is 360 g/mol. The Labute approximate surface area is 151 Å². The molecule has 138 valence electrons. The first-order chi connectivity index (χ1) is 12.5. The van der Waals surface area contributed by atoms with Crippen LogP contribution < -0.4 is 4.74 Å². The highest BCUT2D eigenvalue weighted by atomic mass is 19.2. The van der Waals surface area contributed by atoms with Crippen LogP contribution >= 0.6 is 0 Å². The quantitative estimate of drug-likeness (QED) is 0.526. The molecule has 1 N–H and O–H groups in total. The molecule has 1 heterocycles. The number of aliphatic hydroxyl groups is 1. The number of ether oxygens (including phenoxy) is 1. The van der Waals surface area contributed by atoms with E-state index < -0.39 is 11.6 Å². The van der Waals surface area contributed by atoms with E-state index in [9.17, 15) is 13.9 Å². The van der Waals surface area contributed by atoms with E-state index in [1.165, 1.54) is 30.6 Å². The third-order valence-corrected chi connectivity index (χ3v) is 3.64. The normalized spacial score (nSPS) is 12.3. The van der Waals surface area contributed by atoms with E-state index in [2.05, 4.69) is 16.5 Å². The van der Waals surface area contributed by atoms with Crippen LogP contribution in [0.4, 0.5) is 8.78 Å². The number of benzene rings is 1. The number of halogens is 2. The molecule has 0 saturated heterocycles. The summed E-state index contributed by atoms with van der Waals surface area (Å²) < 4.78 is 33.9. The third-order valence-electron chi connectivity index (χ3n) is 3.64. The molecule has 1 atom stereocenters. The molecule has 2 rings (SSSR count). The van der Waals surface area contributed by atoms with Crippen LogP contribution in [0, 0.1) is 11.6 Å². The lowest BCUT2D eigenvalue weighted by atomic mass is 10.1. The molecule has 1 aromatic heterocycles. The standard InChI is InChI=1S/C20H22F2N2O2/c1-3-11-26-16-12-23-20(24-13-16)17-10-9-15(18(21)19(17)22)8-6-4-5-7-14(2)25/h3,6,8-10,12-14,25H,1,4-5,7,11H2,2H3. The Morgan fingerprint density at radius 3 is 2.62 bits per heavy atom. The lowest BCUT2D eigenvalue weighted by molar-refractivity contribution is 0.182. The van der Waals surface area contributed by atoms with Crippen LogP contribution in [0.2, 0.25) is 0 Å². The molecule has 0 aliphatic heterocycles. The maximum atomic E-state index is 14.4. The molecule has 0 aliphatic rings. The summed E-state index contributed by atoms with van der Waals surface area (Å²) in [5, 5.41) is 9.19. The second-order valence-electron chi connectivity index (χ2n) is 5.85. The van der Waals surface area contributed by atoms with Crippen LogP contribution in [0.15, 0.2) is 43.3 Å². The van der Waals surface area contributed by atoms with Gasteiger partial charge in [-0.25, -0.2) is 18.7 Å². The predicted molar refractivity (Wildman–Crippen MR) is 97.6 cm³/mol. The molecule has 0 saturated carbocycles.